The molecule has 0 aromatic carbocycles. The molecule has 2 rings (SSSR count). The van der Waals surface area contributed by atoms with Crippen molar-refractivity contribution in [2.24, 2.45) is 16.8 Å². The summed E-state index contributed by atoms with van der Waals surface area (Å²) < 4.78 is 10.7. The molecule has 0 spiro atoms. The summed E-state index contributed by atoms with van der Waals surface area (Å²) in [7, 11) is 3.16. The largest absolute Gasteiger partial charge is 0.469 e. The Bertz CT molecular complexity index is 609. The van der Waals surface area contributed by atoms with Crippen LogP contribution in [0.2, 0.25) is 0 Å². The summed E-state index contributed by atoms with van der Waals surface area (Å²) in [6.45, 7) is 10.1. The molecule has 8 heteroatoms. The maximum absolute atomic E-state index is 11.8. The first-order valence-corrected chi connectivity index (χ1v) is 8.25. The number of hydrogen-bond donors (Lipinski definition) is 1. The van der Waals surface area contributed by atoms with Crippen LogP contribution < -0.4 is 5.32 Å². The molecule has 1 aromatic heterocycles. The lowest BCUT2D eigenvalue weighted by molar-refractivity contribution is -0.145. The molecule has 1 saturated heterocycles. The summed E-state index contributed by atoms with van der Waals surface area (Å²) >= 11 is 0. The fraction of sp³-hybridized carbons (Fsp3) is 0.706. The van der Waals surface area contributed by atoms with E-state index in [1.54, 1.807) is 13.2 Å². The molecule has 7 nitrogen and oxygen atoms in total. The number of aliphatic imine (C=N–C) groups is 1. The van der Waals surface area contributed by atoms with Gasteiger partial charge in [-0.3, -0.25) is 9.79 Å². The highest BCUT2D eigenvalue weighted by Gasteiger charge is 2.36. The first kappa shape index (κ1) is 21.7. The van der Waals surface area contributed by atoms with Gasteiger partial charge in [-0.15, -0.1) is 24.0 Å². The molecule has 0 bridgehead atoms. The average Bonchev–Trinajstić information content (AvgIpc) is 3.14. The molecular formula is C17H29IN4O3. The van der Waals surface area contributed by atoms with Crippen molar-refractivity contribution in [1.29, 1.82) is 0 Å². The van der Waals surface area contributed by atoms with Gasteiger partial charge in [0.1, 0.15) is 5.76 Å². The Labute approximate surface area is 166 Å². The van der Waals surface area contributed by atoms with E-state index in [1.165, 1.54) is 7.11 Å². The quantitative estimate of drug-likeness (QED) is 0.321. The molecule has 1 aliphatic rings. The number of likely N-dealkylation sites (tertiary alicyclic amines) is 1. The number of aromatic nitrogens is 1. The van der Waals surface area contributed by atoms with E-state index in [0.717, 1.165) is 18.3 Å². The SMILES string of the molecule is CN=C(NCc1ncc(C(C)(C)C)o1)N1CC(C)C(C(=O)OC)C1.I. The van der Waals surface area contributed by atoms with Crippen LogP contribution in [-0.2, 0) is 21.5 Å². The fourth-order valence-electron chi connectivity index (χ4n) is 2.82. The van der Waals surface area contributed by atoms with E-state index in [0.29, 0.717) is 19.0 Å². The van der Waals surface area contributed by atoms with Gasteiger partial charge >= 0.3 is 5.97 Å². The number of nitrogens with one attached hydrogen (secondary N) is 1. The molecule has 2 atom stereocenters. The third-order valence-corrected chi connectivity index (χ3v) is 4.32. The van der Waals surface area contributed by atoms with Crippen molar-refractivity contribution >= 4 is 35.9 Å². The fourth-order valence-corrected chi connectivity index (χ4v) is 2.82. The number of guanidine groups is 1. The van der Waals surface area contributed by atoms with Crippen LogP contribution >= 0.6 is 24.0 Å². The van der Waals surface area contributed by atoms with Crippen LogP contribution in [0.15, 0.2) is 15.6 Å². The number of halogens is 1. The van der Waals surface area contributed by atoms with Gasteiger partial charge in [0.25, 0.3) is 0 Å². The number of esters is 1. The standard InChI is InChI=1S/C17H28N4O3.HI/c1-11-9-21(10-12(11)15(22)23-6)16(18-5)20-8-14-19-7-13(24-14)17(2,3)4;/h7,11-12H,8-10H2,1-6H3,(H,18,20);1H. The molecule has 0 saturated carbocycles. The molecule has 1 aliphatic heterocycles. The number of carbonyl (C=O) groups is 1. The van der Waals surface area contributed by atoms with Crippen molar-refractivity contribution in [3.8, 4) is 0 Å². The van der Waals surface area contributed by atoms with Gasteiger partial charge in [-0.05, 0) is 5.92 Å². The van der Waals surface area contributed by atoms with Crippen LogP contribution in [0.5, 0.6) is 0 Å². The summed E-state index contributed by atoms with van der Waals surface area (Å²) in [5.74, 6) is 2.16. The Morgan fingerprint density at radius 2 is 2.16 bits per heavy atom. The second-order valence-corrected chi connectivity index (χ2v) is 7.28. The average molecular weight is 464 g/mol. The highest BCUT2D eigenvalue weighted by atomic mass is 127. The molecular weight excluding hydrogens is 435 g/mol. The van der Waals surface area contributed by atoms with E-state index < -0.39 is 0 Å². The molecule has 1 N–H and O–H groups in total. The topological polar surface area (TPSA) is 80.0 Å². The summed E-state index contributed by atoms with van der Waals surface area (Å²) in [5.41, 5.74) is -0.0644. The maximum Gasteiger partial charge on any atom is 0.310 e. The van der Waals surface area contributed by atoms with Gasteiger partial charge in [-0.25, -0.2) is 4.98 Å². The predicted octanol–water partition coefficient (Wildman–Crippen LogP) is 2.41. The Morgan fingerprint density at radius 3 is 2.68 bits per heavy atom. The summed E-state index contributed by atoms with van der Waals surface area (Å²) in [6.07, 6.45) is 1.77. The van der Waals surface area contributed by atoms with Crippen LogP contribution in [0.4, 0.5) is 0 Å². The van der Waals surface area contributed by atoms with Crippen LogP contribution in [0.25, 0.3) is 0 Å². The van der Waals surface area contributed by atoms with Gasteiger partial charge in [-0.1, -0.05) is 27.7 Å². The zero-order chi connectivity index (χ0) is 17.9. The number of ether oxygens (including phenoxy) is 1. The lowest BCUT2D eigenvalue weighted by Gasteiger charge is -2.21. The van der Waals surface area contributed by atoms with Gasteiger partial charge in [0, 0.05) is 25.6 Å². The van der Waals surface area contributed by atoms with Crippen molar-refractivity contribution in [2.45, 2.75) is 39.7 Å². The van der Waals surface area contributed by atoms with Crippen molar-refractivity contribution in [2.75, 3.05) is 27.2 Å². The lowest BCUT2D eigenvalue weighted by atomic mass is 9.94. The number of rotatable bonds is 3. The Hall–Kier alpha value is -1.32. The second kappa shape index (κ2) is 8.86. The highest BCUT2D eigenvalue weighted by molar-refractivity contribution is 14.0. The number of carbonyl (C=O) groups excluding carboxylic acids is 1. The van der Waals surface area contributed by atoms with Crippen molar-refractivity contribution in [3.63, 3.8) is 0 Å². The maximum atomic E-state index is 11.8. The van der Waals surface area contributed by atoms with Crippen molar-refractivity contribution in [1.82, 2.24) is 15.2 Å². The van der Waals surface area contributed by atoms with E-state index in [1.807, 2.05) is 0 Å². The number of nitrogens with zero attached hydrogens (tertiary/aromatic N) is 3. The van der Waals surface area contributed by atoms with E-state index in [4.69, 9.17) is 9.15 Å². The number of oxazole rings is 1. The van der Waals surface area contributed by atoms with E-state index in [-0.39, 0.29) is 47.2 Å². The zero-order valence-electron chi connectivity index (χ0n) is 15.8. The minimum atomic E-state index is -0.164. The van der Waals surface area contributed by atoms with Crippen molar-refractivity contribution in [3.05, 3.63) is 17.8 Å². The predicted molar refractivity (Wildman–Crippen MR) is 107 cm³/mol. The molecule has 0 amide bonds. The molecule has 142 valence electrons. The molecule has 25 heavy (non-hydrogen) atoms. The lowest BCUT2D eigenvalue weighted by Crippen LogP contribution is -2.40. The van der Waals surface area contributed by atoms with Gasteiger partial charge in [0.05, 0.1) is 25.8 Å². The second-order valence-electron chi connectivity index (χ2n) is 7.28. The summed E-state index contributed by atoms with van der Waals surface area (Å²) in [5, 5.41) is 3.26. The van der Waals surface area contributed by atoms with Crippen LogP contribution in [0, 0.1) is 11.8 Å². The summed E-state index contributed by atoms with van der Waals surface area (Å²) in [6, 6.07) is 0. The molecule has 1 fully saturated rings. The number of methoxy groups -OCH3 is 1. The van der Waals surface area contributed by atoms with Crippen molar-refractivity contribution < 1.29 is 13.9 Å². The van der Waals surface area contributed by atoms with Gasteiger partial charge < -0.3 is 19.4 Å². The smallest absolute Gasteiger partial charge is 0.310 e. The first-order valence-electron chi connectivity index (χ1n) is 8.25. The Balaban J connectivity index is 0.00000312. The normalized spacial score (nSPS) is 21.0. The monoisotopic (exact) mass is 464 g/mol. The van der Waals surface area contributed by atoms with Gasteiger partial charge in [0.15, 0.2) is 5.96 Å². The summed E-state index contributed by atoms with van der Waals surface area (Å²) in [4.78, 5) is 22.5. The molecule has 0 aliphatic carbocycles. The minimum absolute atomic E-state index is 0. The highest BCUT2D eigenvalue weighted by Crippen LogP contribution is 2.25. The van der Waals surface area contributed by atoms with Gasteiger partial charge in [-0.2, -0.15) is 0 Å². The third kappa shape index (κ3) is 5.32. The van der Waals surface area contributed by atoms with Crippen LogP contribution in [0.3, 0.4) is 0 Å². The minimum Gasteiger partial charge on any atom is -0.469 e. The van der Waals surface area contributed by atoms with Crippen LogP contribution in [-0.4, -0.2) is 49.1 Å². The third-order valence-electron chi connectivity index (χ3n) is 4.32. The van der Waals surface area contributed by atoms with E-state index >= 15 is 0 Å². The molecule has 1 aromatic rings. The first-order chi connectivity index (χ1) is 11.3. The molecule has 2 unspecified atom stereocenters. The Morgan fingerprint density at radius 1 is 1.48 bits per heavy atom. The van der Waals surface area contributed by atoms with E-state index in [2.05, 4.69) is 47.9 Å². The Kier molecular flexibility index (Phi) is 7.70. The zero-order valence-corrected chi connectivity index (χ0v) is 18.2. The molecule has 2 heterocycles. The molecule has 0 radical (unpaired) electrons. The van der Waals surface area contributed by atoms with Crippen LogP contribution in [0.1, 0.15) is 39.3 Å². The number of hydrogen-bond acceptors (Lipinski definition) is 5. The van der Waals surface area contributed by atoms with Gasteiger partial charge in [0.2, 0.25) is 5.89 Å². The van der Waals surface area contributed by atoms with E-state index in [9.17, 15) is 4.79 Å².